The van der Waals surface area contributed by atoms with Crippen LogP contribution in [0.2, 0.25) is 0 Å². The Balaban J connectivity index is 2.33. The fourth-order valence-electron chi connectivity index (χ4n) is 3.11. The molecule has 0 fully saturated rings. The Morgan fingerprint density at radius 3 is 2.22 bits per heavy atom. The van der Waals surface area contributed by atoms with Crippen LogP contribution in [-0.4, -0.2) is 57.6 Å². The number of hydrogen-bond donors (Lipinski definition) is 1. The largest absolute Gasteiger partial charge is 0.497 e. The molecule has 1 atom stereocenters. The molecule has 2 rings (SSSR count). The Morgan fingerprint density at radius 1 is 1.06 bits per heavy atom. The Labute approximate surface area is 190 Å². The average Bonchev–Trinajstić information content (AvgIpc) is 2.79. The minimum absolute atomic E-state index is 0.149. The van der Waals surface area contributed by atoms with Gasteiger partial charge in [0, 0.05) is 13.1 Å². The zero-order valence-electron chi connectivity index (χ0n) is 18.9. The number of hydrogen-bond acceptors (Lipinski definition) is 5. The molecule has 0 saturated carbocycles. The Morgan fingerprint density at radius 2 is 1.69 bits per heavy atom. The van der Waals surface area contributed by atoms with Crippen LogP contribution in [0.1, 0.15) is 25.8 Å². The maximum absolute atomic E-state index is 13.3. The third-order valence-electron chi connectivity index (χ3n) is 4.95. The first-order valence-electron chi connectivity index (χ1n) is 10.4. The summed E-state index contributed by atoms with van der Waals surface area (Å²) in [5.41, 5.74) is 1.18. The zero-order valence-corrected chi connectivity index (χ0v) is 19.8. The first kappa shape index (κ1) is 25.2. The monoisotopic (exact) mass is 461 g/mol. The summed E-state index contributed by atoms with van der Waals surface area (Å²) < 4.78 is 31.1. The van der Waals surface area contributed by atoms with E-state index in [0.29, 0.717) is 18.0 Å². The van der Waals surface area contributed by atoms with Gasteiger partial charge in [0.05, 0.1) is 19.1 Å². The normalized spacial score (nSPS) is 12.0. The van der Waals surface area contributed by atoms with Crippen molar-refractivity contribution >= 4 is 27.5 Å². The highest BCUT2D eigenvalue weighted by molar-refractivity contribution is 7.92. The third-order valence-corrected chi connectivity index (χ3v) is 6.09. The lowest BCUT2D eigenvalue weighted by atomic mass is 10.1. The van der Waals surface area contributed by atoms with Crippen LogP contribution in [0.5, 0.6) is 5.75 Å². The molecule has 1 N–H and O–H groups in total. The predicted molar refractivity (Wildman–Crippen MR) is 125 cm³/mol. The van der Waals surface area contributed by atoms with E-state index in [0.717, 1.165) is 22.5 Å². The van der Waals surface area contributed by atoms with Gasteiger partial charge in [0.15, 0.2) is 0 Å². The van der Waals surface area contributed by atoms with E-state index in [2.05, 4.69) is 5.32 Å². The molecule has 174 valence electrons. The fourth-order valence-corrected chi connectivity index (χ4v) is 3.96. The number of methoxy groups -OCH3 is 1. The second-order valence-electron chi connectivity index (χ2n) is 7.44. The van der Waals surface area contributed by atoms with Crippen molar-refractivity contribution in [3.05, 3.63) is 60.2 Å². The van der Waals surface area contributed by atoms with Gasteiger partial charge < -0.3 is 15.0 Å². The van der Waals surface area contributed by atoms with Crippen molar-refractivity contribution < 1.29 is 22.7 Å². The van der Waals surface area contributed by atoms with Gasteiger partial charge in [-0.3, -0.25) is 13.9 Å². The van der Waals surface area contributed by atoms with E-state index < -0.39 is 28.5 Å². The number of benzene rings is 2. The molecule has 2 aromatic rings. The standard InChI is InChI=1S/C23H31N3O5S/c1-5-15-24-23(28)18(2)25(16-19-11-13-21(31-3)14-12-19)22(27)17-26(32(4,29)30)20-9-7-6-8-10-20/h6-14,18H,5,15-17H2,1-4H3,(H,24,28). The van der Waals surface area contributed by atoms with Gasteiger partial charge in [0.2, 0.25) is 21.8 Å². The summed E-state index contributed by atoms with van der Waals surface area (Å²) in [6, 6.07) is 14.8. The summed E-state index contributed by atoms with van der Waals surface area (Å²) in [7, 11) is -2.16. The minimum Gasteiger partial charge on any atom is -0.497 e. The zero-order chi connectivity index (χ0) is 23.7. The number of anilines is 1. The van der Waals surface area contributed by atoms with Gasteiger partial charge in [0.1, 0.15) is 18.3 Å². The molecule has 8 nitrogen and oxygen atoms in total. The van der Waals surface area contributed by atoms with Gasteiger partial charge in [-0.2, -0.15) is 0 Å². The molecule has 0 bridgehead atoms. The number of amides is 2. The van der Waals surface area contributed by atoms with Gasteiger partial charge in [-0.1, -0.05) is 37.3 Å². The Bertz CT molecular complexity index is 994. The van der Waals surface area contributed by atoms with E-state index in [9.17, 15) is 18.0 Å². The summed E-state index contributed by atoms with van der Waals surface area (Å²) in [5.74, 6) is -0.0961. The molecule has 0 radical (unpaired) electrons. The maximum Gasteiger partial charge on any atom is 0.244 e. The van der Waals surface area contributed by atoms with Crippen LogP contribution in [0.3, 0.4) is 0 Å². The highest BCUT2D eigenvalue weighted by Crippen LogP contribution is 2.19. The van der Waals surface area contributed by atoms with Crippen LogP contribution < -0.4 is 14.4 Å². The molecule has 2 amide bonds. The maximum atomic E-state index is 13.3. The highest BCUT2D eigenvalue weighted by atomic mass is 32.2. The summed E-state index contributed by atoms with van der Waals surface area (Å²) >= 11 is 0. The van der Waals surface area contributed by atoms with E-state index in [-0.39, 0.29) is 12.5 Å². The SMILES string of the molecule is CCCNC(=O)C(C)N(Cc1ccc(OC)cc1)C(=O)CN(c1ccccc1)S(C)(=O)=O. The number of nitrogens with one attached hydrogen (secondary N) is 1. The van der Waals surface area contributed by atoms with Crippen molar-refractivity contribution in [3.63, 3.8) is 0 Å². The molecule has 9 heteroatoms. The van der Waals surface area contributed by atoms with E-state index in [4.69, 9.17) is 4.74 Å². The number of nitrogens with zero attached hydrogens (tertiary/aromatic N) is 2. The van der Waals surface area contributed by atoms with Crippen molar-refractivity contribution in [3.8, 4) is 5.75 Å². The lowest BCUT2D eigenvalue weighted by molar-refractivity contribution is -0.139. The van der Waals surface area contributed by atoms with E-state index in [1.807, 2.05) is 6.92 Å². The van der Waals surface area contributed by atoms with Gasteiger partial charge in [-0.05, 0) is 43.2 Å². The quantitative estimate of drug-likeness (QED) is 0.554. The van der Waals surface area contributed by atoms with Crippen molar-refractivity contribution in [1.29, 1.82) is 0 Å². The molecule has 0 aliphatic carbocycles. The van der Waals surface area contributed by atoms with Gasteiger partial charge in [-0.25, -0.2) is 8.42 Å². The summed E-state index contributed by atoms with van der Waals surface area (Å²) in [5, 5.41) is 2.80. The Kier molecular flexibility index (Phi) is 9.07. The lowest BCUT2D eigenvalue weighted by Crippen LogP contribution is -2.51. The van der Waals surface area contributed by atoms with Gasteiger partial charge >= 0.3 is 0 Å². The molecular weight excluding hydrogens is 430 g/mol. The average molecular weight is 462 g/mol. The molecule has 0 heterocycles. The topological polar surface area (TPSA) is 96.0 Å². The minimum atomic E-state index is -3.72. The van der Waals surface area contributed by atoms with Gasteiger partial charge in [0.25, 0.3) is 0 Å². The highest BCUT2D eigenvalue weighted by Gasteiger charge is 2.29. The van der Waals surface area contributed by atoms with Crippen LogP contribution in [0.4, 0.5) is 5.69 Å². The summed E-state index contributed by atoms with van der Waals surface area (Å²) in [4.78, 5) is 27.4. The fraction of sp³-hybridized carbons (Fsp3) is 0.391. The number of para-hydroxylation sites is 1. The molecule has 0 saturated heterocycles. The predicted octanol–water partition coefficient (Wildman–Crippen LogP) is 2.40. The molecule has 0 spiro atoms. The van der Waals surface area contributed by atoms with Crippen molar-refractivity contribution in [2.24, 2.45) is 0 Å². The molecule has 0 aliphatic rings. The lowest BCUT2D eigenvalue weighted by Gasteiger charge is -2.31. The smallest absolute Gasteiger partial charge is 0.244 e. The Hall–Kier alpha value is -3.07. The van der Waals surface area contributed by atoms with Crippen LogP contribution in [0.25, 0.3) is 0 Å². The van der Waals surface area contributed by atoms with Crippen molar-refractivity contribution in [2.75, 3.05) is 30.8 Å². The number of carbonyl (C=O) groups excluding carboxylic acids is 2. The van der Waals surface area contributed by atoms with Gasteiger partial charge in [-0.15, -0.1) is 0 Å². The van der Waals surface area contributed by atoms with E-state index in [1.54, 1.807) is 68.6 Å². The molecule has 0 aliphatic heterocycles. The summed E-state index contributed by atoms with van der Waals surface area (Å²) in [6.07, 6.45) is 1.82. The number of sulfonamides is 1. The van der Waals surface area contributed by atoms with Crippen LogP contribution >= 0.6 is 0 Å². The second-order valence-corrected chi connectivity index (χ2v) is 9.35. The van der Waals surface area contributed by atoms with E-state index in [1.165, 1.54) is 4.90 Å². The molecule has 32 heavy (non-hydrogen) atoms. The number of rotatable bonds is 11. The third kappa shape index (κ3) is 6.98. The molecule has 2 aromatic carbocycles. The summed E-state index contributed by atoms with van der Waals surface area (Å²) in [6.45, 7) is 3.81. The number of ether oxygens (including phenoxy) is 1. The van der Waals surface area contributed by atoms with Crippen LogP contribution in [0, 0.1) is 0 Å². The van der Waals surface area contributed by atoms with Crippen LogP contribution in [-0.2, 0) is 26.2 Å². The van der Waals surface area contributed by atoms with Crippen LogP contribution in [0.15, 0.2) is 54.6 Å². The molecular formula is C23H31N3O5S. The number of carbonyl (C=O) groups is 2. The van der Waals surface area contributed by atoms with E-state index >= 15 is 0 Å². The second kappa shape index (κ2) is 11.5. The molecule has 0 aromatic heterocycles. The van der Waals surface area contributed by atoms with Crippen molar-refractivity contribution in [2.45, 2.75) is 32.9 Å². The first-order valence-corrected chi connectivity index (χ1v) is 12.2. The first-order chi connectivity index (χ1) is 15.2. The van der Waals surface area contributed by atoms with Crippen molar-refractivity contribution in [1.82, 2.24) is 10.2 Å². The molecule has 1 unspecified atom stereocenters.